The topological polar surface area (TPSA) is 70.8 Å². The first-order valence-electron chi connectivity index (χ1n) is 9.11. The number of para-hydroxylation sites is 1. The van der Waals surface area contributed by atoms with Crippen molar-refractivity contribution in [3.8, 4) is 0 Å². The monoisotopic (exact) mass is 438 g/mol. The van der Waals surface area contributed by atoms with Crippen LogP contribution in [0.3, 0.4) is 0 Å². The average molecular weight is 438 g/mol. The summed E-state index contributed by atoms with van der Waals surface area (Å²) in [7, 11) is -4.11. The molecule has 2 aromatic carbocycles. The van der Waals surface area contributed by atoms with E-state index in [-0.39, 0.29) is 37.8 Å². The molecule has 4 rings (SSSR count). The van der Waals surface area contributed by atoms with E-state index >= 15 is 0 Å². The van der Waals surface area contributed by atoms with Gasteiger partial charge in [0.15, 0.2) is 5.76 Å². The van der Waals surface area contributed by atoms with Gasteiger partial charge in [-0.1, -0.05) is 24.3 Å². The minimum Gasteiger partial charge on any atom is -0.451 e. The molecule has 6 nitrogen and oxygen atoms in total. The highest BCUT2D eigenvalue weighted by Crippen LogP contribution is 2.31. The summed E-state index contributed by atoms with van der Waals surface area (Å²) in [6.07, 6.45) is -4.64. The number of benzene rings is 2. The highest BCUT2D eigenvalue weighted by atomic mass is 32.2. The minimum absolute atomic E-state index is 0.0233. The van der Waals surface area contributed by atoms with Crippen LogP contribution in [0.4, 0.5) is 13.2 Å². The van der Waals surface area contributed by atoms with E-state index in [2.05, 4.69) is 0 Å². The molecule has 1 amide bonds. The number of hydrogen-bond acceptors (Lipinski definition) is 4. The molecule has 0 radical (unpaired) electrons. The first-order chi connectivity index (χ1) is 14.2. The number of halogens is 3. The molecule has 0 bridgehead atoms. The van der Waals surface area contributed by atoms with Crippen LogP contribution >= 0.6 is 0 Å². The zero-order chi connectivity index (χ0) is 21.5. The number of carbonyl (C=O) groups excluding carboxylic acids is 1. The Kier molecular flexibility index (Phi) is 5.07. The summed E-state index contributed by atoms with van der Waals surface area (Å²) in [4.78, 5) is 13.7. The van der Waals surface area contributed by atoms with Crippen molar-refractivity contribution in [1.82, 2.24) is 9.21 Å². The molecule has 0 spiro atoms. The standard InChI is InChI=1S/C20H17F3N2O4S/c21-20(22,23)15-5-3-6-16(13-15)30(27,28)25-10-8-24(9-11-25)19(26)18-12-14-4-1-2-7-17(14)29-18/h1-7,12-13H,8-11H2. The van der Waals surface area contributed by atoms with Gasteiger partial charge in [0.2, 0.25) is 10.0 Å². The van der Waals surface area contributed by atoms with Gasteiger partial charge in [-0.3, -0.25) is 4.79 Å². The van der Waals surface area contributed by atoms with Gasteiger partial charge in [-0.2, -0.15) is 17.5 Å². The van der Waals surface area contributed by atoms with Gasteiger partial charge in [0.25, 0.3) is 5.91 Å². The molecule has 1 aromatic heterocycles. The second-order valence-corrected chi connectivity index (χ2v) is 8.81. The fourth-order valence-electron chi connectivity index (χ4n) is 3.36. The van der Waals surface area contributed by atoms with Crippen LogP contribution in [0, 0.1) is 0 Å². The molecule has 3 aromatic rings. The number of carbonyl (C=O) groups is 1. The summed E-state index contributed by atoms with van der Waals surface area (Å²) in [5.74, 6) is -0.201. The minimum atomic E-state index is -4.64. The lowest BCUT2D eigenvalue weighted by Crippen LogP contribution is -2.50. The molecular formula is C20H17F3N2O4S. The predicted octanol–water partition coefficient (Wildman–Crippen LogP) is 3.60. The lowest BCUT2D eigenvalue weighted by molar-refractivity contribution is -0.137. The van der Waals surface area contributed by atoms with Crippen LogP contribution in [-0.4, -0.2) is 49.7 Å². The molecule has 0 atom stereocenters. The number of piperazine rings is 1. The van der Waals surface area contributed by atoms with Crippen molar-refractivity contribution in [3.63, 3.8) is 0 Å². The van der Waals surface area contributed by atoms with Crippen molar-refractivity contribution in [1.29, 1.82) is 0 Å². The third-order valence-electron chi connectivity index (χ3n) is 4.96. The van der Waals surface area contributed by atoms with Gasteiger partial charge >= 0.3 is 6.18 Å². The first kappa shape index (κ1) is 20.4. The zero-order valence-electron chi connectivity index (χ0n) is 15.6. The fraction of sp³-hybridized carbons (Fsp3) is 0.250. The van der Waals surface area contributed by atoms with Crippen LogP contribution in [0.15, 0.2) is 63.9 Å². The second-order valence-electron chi connectivity index (χ2n) is 6.87. The van der Waals surface area contributed by atoms with E-state index in [1.807, 2.05) is 12.1 Å². The van der Waals surface area contributed by atoms with E-state index in [9.17, 15) is 26.4 Å². The predicted molar refractivity (Wildman–Crippen MR) is 102 cm³/mol. The SMILES string of the molecule is O=C(c1cc2ccccc2o1)N1CCN(S(=O)(=O)c2cccc(C(F)(F)F)c2)CC1. The van der Waals surface area contributed by atoms with Crippen LogP contribution < -0.4 is 0 Å². The molecule has 1 fully saturated rings. The Morgan fingerprint density at radius 3 is 2.30 bits per heavy atom. The lowest BCUT2D eigenvalue weighted by Gasteiger charge is -2.33. The number of amides is 1. The fourth-order valence-corrected chi connectivity index (χ4v) is 4.83. The number of sulfonamides is 1. The van der Waals surface area contributed by atoms with Gasteiger partial charge in [0.05, 0.1) is 10.5 Å². The number of furan rings is 1. The third kappa shape index (κ3) is 3.80. The third-order valence-corrected chi connectivity index (χ3v) is 6.86. The highest BCUT2D eigenvalue weighted by Gasteiger charge is 2.35. The summed E-state index contributed by atoms with van der Waals surface area (Å²) in [5, 5.41) is 0.784. The van der Waals surface area contributed by atoms with Crippen molar-refractivity contribution in [2.75, 3.05) is 26.2 Å². The van der Waals surface area contributed by atoms with E-state index in [1.54, 1.807) is 18.2 Å². The van der Waals surface area contributed by atoms with Crippen LogP contribution in [0.5, 0.6) is 0 Å². The number of rotatable bonds is 3. The van der Waals surface area contributed by atoms with Crippen LogP contribution in [-0.2, 0) is 16.2 Å². The molecule has 1 saturated heterocycles. The number of alkyl halides is 3. The average Bonchev–Trinajstić information content (AvgIpc) is 3.17. The molecule has 2 heterocycles. The molecule has 1 aliphatic heterocycles. The quantitative estimate of drug-likeness (QED) is 0.627. The molecule has 0 aliphatic carbocycles. The van der Waals surface area contributed by atoms with Crippen LogP contribution in [0.25, 0.3) is 11.0 Å². The van der Waals surface area contributed by atoms with Crippen molar-refractivity contribution in [2.45, 2.75) is 11.1 Å². The zero-order valence-corrected chi connectivity index (χ0v) is 16.4. The van der Waals surface area contributed by atoms with Gasteiger partial charge in [-0.25, -0.2) is 8.42 Å². The number of fused-ring (bicyclic) bond motifs is 1. The Hall–Kier alpha value is -2.85. The van der Waals surface area contributed by atoms with Gasteiger partial charge in [-0.05, 0) is 30.3 Å². The van der Waals surface area contributed by atoms with Crippen LogP contribution in [0.1, 0.15) is 16.1 Å². The van der Waals surface area contributed by atoms with E-state index in [1.165, 1.54) is 4.90 Å². The summed E-state index contributed by atoms with van der Waals surface area (Å²) in [6.45, 7) is 0.164. The summed E-state index contributed by atoms with van der Waals surface area (Å²) < 4.78 is 70.9. The second kappa shape index (κ2) is 7.44. The molecule has 0 unspecified atom stereocenters. The maximum Gasteiger partial charge on any atom is 0.416 e. The normalized spacial score (nSPS) is 16.2. The Labute approximate surface area is 170 Å². The van der Waals surface area contributed by atoms with Crippen molar-refractivity contribution in [3.05, 3.63) is 65.9 Å². The Morgan fingerprint density at radius 1 is 0.933 bits per heavy atom. The Morgan fingerprint density at radius 2 is 1.63 bits per heavy atom. The van der Waals surface area contributed by atoms with Gasteiger partial charge in [-0.15, -0.1) is 0 Å². The molecule has 30 heavy (non-hydrogen) atoms. The summed E-state index contributed by atoms with van der Waals surface area (Å²) >= 11 is 0. The molecule has 10 heteroatoms. The van der Waals surface area contributed by atoms with Crippen molar-refractivity contribution >= 4 is 26.9 Å². The van der Waals surface area contributed by atoms with Gasteiger partial charge < -0.3 is 9.32 Å². The Balaban J connectivity index is 1.48. The lowest BCUT2D eigenvalue weighted by atomic mass is 10.2. The van der Waals surface area contributed by atoms with E-state index < -0.39 is 26.7 Å². The van der Waals surface area contributed by atoms with E-state index in [4.69, 9.17) is 4.42 Å². The van der Waals surface area contributed by atoms with E-state index in [0.29, 0.717) is 11.6 Å². The maximum atomic E-state index is 12.9. The van der Waals surface area contributed by atoms with Crippen molar-refractivity contribution in [2.24, 2.45) is 0 Å². The number of hydrogen-bond donors (Lipinski definition) is 0. The van der Waals surface area contributed by atoms with Crippen LogP contribution in [0.2, 0.25) is 0 Å². The molecular weight excluding hydrogens is 421 g/mol. The molecule has 158 valence electrons. The largest absolute Gasteiger partial charge is 0.451 e. The first-order valence-corrected chi connectivity index (χ1v) is 10.6. The van der Waals surface area contributed by atoms with Gasteiger partial charge in [0, 0.05) is 31.6 Å². The number of nitrogens with zero attached hydrogens (tertiary/aromatic N) is 2. The van der Waals surface area contributed by atoms with E-state index in [0.717, 1.165) is 27.9 Å². The molecule has 1 aliphatic rings. The molecule has 0 N–H and O–H groups in total. The van der Waals surface area contributed by atoms with Gasteiger partial charge in [0.1, 0.15) is 5.58 Å². The smallest absolute Gasteiger partial charge is 0.416 e. The summed E-state index contributed by atoms with van der Waals surface area (Å²) in [5.41, 5.74) is -0.450. The highest BCUT2D eigenvalue weighted by molar-refractivity contribution is 7.89. The summed E-state index contributed by atoms with van der Waals surface area (Å²) in [6, 6.07) is 12.4. The van der Waals surface area contributed by atoms with Crippen molar-refractivity contribution < 1.29 is 30.8 Å². The maximum absolute atomic E-state index is 12.9. The Bertz CT molecular complexity index is 1160. The molecule has 0 saturated carbocycles.